The summed E-state index contributed by atoms with van der Waals surface area (Å²) in [5.74, 6) is 0.660. The first-order valence-corrected chi connectivity index (χ1v) is 9.08. The number of hydrogen-bond donors (Lipinski definition) is 1. The number of anilines is 1. The van der Waals surface area contributed by atoms with Crippen molar-refractivity contribution >= 4 is 28.5 Å². The Hall–Kier alpha value is -2.92. The number of carbonyl (C=O) groups excluding carboxylic acids is 1. The quantitative estimate of drug-likeness (QED) is 0.563. The van der Waals surface area contributed by atoms with Crippen molar-refractivity contribution in [2.45, 2.75) is 27.2 Å². The fraction of sp³-hybridized carbons (Fsp3) is 0.333. The van der Waals surface area contributed by atoms with E-state index < -0.39 is 5.91 Å². The molecule has 136 valence electrons. The molecule has 0 unspecified atom stereocenters. The van der Waals surface area contributed by atoms with E-state index in [4.69, 9.17) is 9.47 Å². The molecule has 0 aliphatic carbocycles. The lowest BCUT2D eigenvalue weighted by Gasteiger charge is -2.10. The number of aromatic nitrogens is 2. The van der Waals surface area contributed by atoms with Gasteiger partial charge in [0.05, 0.1) is 13.2 Å². The van der Waals surface area contributed by atoms with Crippen molar-refractivity contribution in [3.63, 3.8) is 0 Å². The van der Waals surface area contributed by atoms with Crippen LogP contribution in [0.25, 0.3) is 6.08 Å². The SMILES string of the molecule is CCOc1ccc(OCC)c(C=C(C#N)C(=O)Nc2nnc(CC)s2)c1. The number of rotatable bonds is 8. The lowest BCUT2D eigenvalue weighted by atomic mass is 10.1. The zero-order valence-corrected chi connectivity index (χ0v) is 15.7. The Balaban J connectivity index is 2.29. The highest BCUT2D eigenvalue weighted by atomic mass is 32.1. The number of nitrogens with one attached hydrogen (secondary N) is 1. The molecule has 8 heteroatoms. The summed E-state index contributed by atoms with van der Waals surface area (Å²) >= 11 is 1.28. The van der Waals surface area contributed by atoms with Crippen LogP contribution in [-0.4, -0.2) is 29.3 Å². The zero-order valence-electron chi connectivity index (χ0n) is 14.9. The van der Waals surface area contributed by atoms with Crippen molar-refractivity contribution < 1.29 is 14.3 Å². The molecular formula is C18H20N4O3S. The number of hydrogen-bond acceptors (Lipinski definition) is 7. The summed E-state index contributed by atoms with van der Waals surface area (Å²) < 4.78 is 11.1. The molecular weight excluding hydrogens is 352 g/mol. The molecule has 1 aromatic carbocycles. The summed E-state index contributed by atoms with van der Waals surface area (Å²) in [5, 5.41) is 21.0. The lowest BCUT2D eigenvalue weighted by molar-refractivity contribution is -0.112. The normalized spacial score (nSPS) is 10.9. The number of benzene rings is 1. The maximum Gasteiger partial charge on any atom is 0.268 e. The summed E-state index contributed by atoms with van der Waals surface area (Å²) in [6.45, 7) is 6.68. The summed E-state index contributed by atoms with van der Waals surface area (Å²) in [5.41, 5.74) is 0.531. The van der Waals surface area contributed by atoms with E-state index in [-0.39, 0.29) is 5.57 Å². The number of aryl methyl sites for hydroxylation is 1. The first-order chi connectivity index (χ1) is 12.6. The van der Waals surface area contributed by atoms with Crippen LogP contribution in [-0.2, 0) is 11.2 Å². The van der Waals surface area contributed by atoms with Gasteiger partial charge in [0.25, 0.3) is 5.91 Å². The number of carbonyl (C=O) groups is 1. The van der Waals surface area contributed by atoms with E-state index in [1.165, 1.54) is 17.4 Å². The predicted octanol–water partition coefficient (Wildman–Crippen LogP) is 3.44. The van der Waals surface area contributed by atoms with Gasteiger partial charge in [0.1, 0.15) is 28.1 Å². The van der Waals surface area contributed by atoms with E-state index >= 15 is 0 Å². The molecule has 1 amide bonds. The molecule has 1 heterocycles. The van der Waals surface area contributed by atoms with Gasteiger partial charge in [-0.2, -0.15) is 5.26 Å². The molecule has 1 N–H and O–H groups in total. The topological polar surface area (TPSA) is 97.1 Å². The van der Waals surface area contributed by atoms with Crippen molar-refractivity contribution in [1.29, 1.82) is 5.26 Å². The van der Waals surface area contributed by atoms with Gasteiger partial charge >= 0.3 is 0 Å². The van der Waals surface area contributed by atoms with Crippen LogP contribution in [0, 0.1) is 11.3 Å². The molecule has 0 aliphatic heterocycles. The second-order valence-corrected chi connectivity index (χ2v) is 6.11. The van der Waals surface area contributed by atoms with Crippen molar-refractivity contribution in [1.82, 2.24) is 10.2 Å². The van der Waals surface area contributed by atoms with E-state index in [1.807, 2.05) is 26.8 Å². The average Bonchev–Trinajstić information content (AvgIpc) is 3.09. The van der Waals surface area contributed by atoms with Gasteiger partial charge in [-0.05, 0) is 44.5 Å². The fourth-order valence-corrected chi connectivity index (χ4v) is 2.77. The summed E-state index contributed by atoms with van der Waals surface area (Å²) in [6, 6.07) is 7.20. The van der Waals surface area contributed by atoms with Crippen LogP contribution in [0.3, 0.4) is 0 Å². The molecule has 2 aromatic rings. The van der Waals surface area contributed by atoms with Crippen molar-refractivity contribution in [2.24, 2.45) is 0 Å². The second kappa shape index (κ2) is 9.53. The standard InChI is InChI=1S/C18H20N4O3S/c1-4-16-21-22-18(26-16)20-17(23)13(11-19)9-12-10-14(24-5-2)7-8-15(12)25-6-3/h7-10H,4-6H2,1-3H3,(H,20,22,23). The summed E-state index contributed by atoms with van der Waals surface area (Å²) in [4.78, 5) is 12.4. The Morgan fingerprint density at radius 1 is 1.27 bits per heavy atom. The van der Waals surface area contributed by atoms with Crippen molar-refractivity contribution in [3.8, 4) is 17.6 Å². The highest BCUT2D eigenvalue weighted by Gasteiger charge is 2.14. The molecule has 7 nitrogen and oxygen atoms in total. The minimum Gasteiger partial charge on any atom is -0.494 e. The largest absolute Gasteiger partial charge is 0.494 e. The second-order valence-electron chi connectivity index (χ2n) is 5.04. The molecule has 1 aromatic heterocycles. The van der Waals surface area contributed by atoms with Gasteiger partial charge < -0.3 is 9.47 Å². The van der Waals surface area contributed by atoms with Gasteiger partial charge in [-0.25, -0.2) is 0 Å². The third kappa shape index (κ3) is 5.04. The Bertz CT molecular complexity index is 839. The summed E-state index contributed by atoms with van der Waals surface area (Å²) in [6.07, 6.45) is 2.21. The number of nitrogens with zero attached hydrogens (tertiary/aromatic N) is 3. The van der Waals surface area contributed by atoms with Crippen molar-refractivity contribution in [2.75, 3.05) is 18.5 Å². The molecule has 0 atom stereocenters. The highest BCUT2D eigenvalue weighted by Crippen LogP contribution is 2.27. The van der Waals surface area contributed by atoms with E-state index in [9.17, 15) is 10.1 Å². The van der Waals surface area contributed by atoms with Crippen LogP contribution >= 0.6 is 11.3 Å². The Morgan fingerprint density at radius 3 is 2.65 bits per heavy atom. The van der Waals surface area contributed by atoms with E-state index in [0.717, 1.165) is 11.4 Å². The maximum absolute atomic E-state index is 12.4. The average molecular weight is 372 g/mol. The lowest BCUT2D eigenvalue weighted by Crippen LogP contribution is -2.13. The molecule has 2 rings (SSSR count). The van der Waals surface area contributed by atoms with Crippen molar-refractivity contribution in [3.05, 3.63) is 34.3 Å². The predicted molar refractivity (Wildman–Crippen MR) is 100 cm³/mol. The molecule has 0 fully saturated rings. The molecule has 0 radical (unpaired) electrons. The Kier molecular flexibility index (Phi) is 7.12. The van der Waals surface area contributed by atoms with Crippen LogP contribution in [0.4, 0.5) is 5.13 Å². The number of nitriles is 1. The van der Waals surface area contributed by atoms with E-state index in [1.54, 1.807) is 18.2 Å². The summed E-state index contributed by atoms with van der Waals surface area (Å²) in [7, 11) is 0. The third-order valence-corrected chi connectivity index (χ3v) is 4.23. The molecule has 0 saturated carbocycles. The number of amides is 1. The monoisotopic (exact) mass is 372 g/mol. The van der Waals surface area contributed by atoms with Gasteiger partial charge in [0.15, 0.2) is 0 Å². The number of ether oxygens (including phenoxy) is 2. The Morgan fingerprint density at radius 2 is 2.04 bits per heavy atom. The minimum atomic E-state index is -0.546. The van der Waals surface area contributed by atoms with Crippen LogP contribution in [0.5, 0.6) is 11.5 Å². The highest BCUT2D eigenvalue weighted by molar-refractivity contribution is 7.15. The molecule has 0 saturated heterocycles. The maximum atomic E-state index is 12.4. The van der Waals surface area contributed by atoms with Gasteiger partial charge in [0.2, 0.25) is 5.13 Å². The molecule has 0 aliphatic rings. The van der Waals surface area contributed by atoms with Crippen LogP contribution in [0.15, 0.2) is 23.8 Å². The van der Waals surface area contributed by atoms with Crippen LogP contribution < -0.4 is 14.8 Å². The minimum absolute atomic E-state index is 0.0622. The molecule has 0 spiro atoms. The van der Waals surface area contributed by atoms with Gasteiger partial charge in [-0.1, -0.05) is 18.3 Å². The van der Waals surface area contributed by atoms with Crippen LogP contribution in [0.1, 0.15) is 31.3 Å². The first-order valence-electron chi connectivity index (χ1n) is 8.26. The van der Waals surface area contributed by atoms with Crippen LogP contribution in [0.2, 0.25) is 0 Å². The van der Waals surface area contributed by atoms with E-state index in [2.05, 4.69) is 15.5 Å². The fourth-order valence-electron chi connectivity index (χ4n) is 2.10. The van der Waals surface area contributed by atoms with E-state index in [0.29, 0.717) is 35.4 Å². The van der Waals surface area contributed by atoms with Gasteiger partial charge in [-0.15, -0.1) is 10.2 Å². The molecule has 26 heavy (non-hydrogen) atoms. The molecule has 0 bridgehead atoms. The smallest absolute Gasteiger partial charge is 0.268 e. The third-order valence-electron chi connectivity index (χ3n) is 3.25. The van der Waals surface area contributed by atoms with Gasteiger partial charge in [-0.3, -0.25) is 10.1 Å². The zero-order chi connectivity index (χ0) is 18.9. The Labute approximate surface area is 156 Å². The first kappa shape index (κ1) is 19.4. The van der Waals surface area contributed by atoms with Gasteiger partial charge in [0, 0.05) is 5.56 Å².